The third kappa shape index (κ3) is 2.90. The minimum atomic E-state index is -0.695. The van der Waals surface area contributed by atoms with Gasteiger partial charge in [0.1, 0.15) is 5.75 Å². The first kappa shape index (κ1) is 14.0. The lowest BCUT2D eigenvalue weighted by molar-refractivity contribution is 0.406. The molecule has 0 amide bonds. The van der Waals surface area contributed by atoms with Crippen molar-refractivity contribution < 1.29 is 13.5 Å². The van der Waals surface area contributed by atoms with Gasteiger partial charge >= 0.3 is 0 Å². The summed E-state index contributed by atoms with van der Waals surface area (Å²) < 4.78 is 33.4. The molecule has 1 aliphatic carbocycles. The summed E-state index contributed by atoms with van der Waals surface area (Å²) in [5.41, 5.74) is 8.43. The van der Waals surface area contributed by atoms with E-state index in [1.54, 1.807) is 6.07 Å². The van der Waals surface area contributed by atoms with Gasteiger partial charge in [0, 0.05) is 0 Å². The first-order chi connectivity index (χ1) is 10.2. The fourth-order valence-corrected chi connectivity index (χ4v) is 2.75. The average molecular weight is 289 g/mol. The smallest absolute Gasteiger partial charge is 0.198 e. The van der Waals surface area contributed by atoms with E-state index in [9.17, 15) is 8.78 Å². The molecule has 3 rings (SSSR count). The van der Waals surface area contributed by atoms with Crippen molar-refractivity contribution in [1.82, 2.24) is 0 Å². The minimum Gasteiger partial charge on any atom is -0.451 e. The second-order valence-corrected chi connectivity index (χ2v) is 5.31. The molecule has 0 radical (unpaired) electrons. The fourth-order valence-electron chi connectivity index (χ4n) is 2.75. The first-order valence-electron chi connectivity index (χ1n) is 7.15. The van der Waals surface area contributed by atoms with Gasteiger partial charge < -0.3 is 10.5 Å². The number of ether oxygens (including phenoxy) is 1. The Labute approximate surface area is 122 Å². The van der Waals surface area contributed by atoms with Gasteiger partial charge in [-0.1, -0.05) is 6.07 Å². The molecule has 0 spiro atoms. The predicted molar refractivity (Wildman–Crippen MR) is 77.7 cm³/mol. The zero-order valence-electron chi connectivity index (χ0n) is 11.7. The molecular formula is C17H17F2NO. The second kappa shape index (κ2) is 5.82. The van der Waals surface area contributed by atoms with Gasteiger partial charge in [-0.05, 0) is 73.2 Å². The molecule has 110 valence electrons. The Morgan fingerprint density at radius 1 is 1.00 bits per heavy atom. The van der Waals surface area contributed by atoms with Crippen molar-refractivity contribution in [1.29, 1.82) is 0 Å². The molecule has 2 aromatic carbocycles. The van der Waals surface area contributed by atoms with Crippen LogP contribution in [-0.4, -0.2) is 6.54 Å². The van der Waals surface area contributed by atoms with Crippen molar-refractivity contribution in [3.05, 3.63) is 58.7 Å². The number of rotatable bonds is 4. The SMILES string of the molecule is NCCc1cc(F)c(Oc2ccc3c(c2)CCC3)c(F)c1. The number of fused-ring (bicyclic) bond motifs is 1. The number of benzene rings is 2. The Morgan fingerprint density at radius 2 is 1.71 bits per heavy atom. The molecule has 0 fully saturated rings. The molecule has 2 N–H and O–H groups in total. The topological polar surface area (TPSA) is 35.2 Å². The highest BCUT2D eigenvalue weighted by Crippen LogP contribution is 2.32. The summed E-state index contributed by atoms with van der Waals surface area (Å²) in [7, 11) is 0. The van der Waals surface area contributed by atoms with Crippen molar-refractivity contribution in [2.45, 2.75) is 25.7 Å². The van der Waals surface area contributed by atoms with Gasteiger partial charge in [0.15, 0.2) is 17.4 Å². The molecular weight excluding hydrogens is 272 g/mol. The van der Waals surface area contributed by atoms with Crippen molar-refractivity contribution in [2.75, 3.05) is 6.54 Å². The van der Waals surface area contributed by atoms with E-state index in [0.717, 1.165) is 19.3 Å². The Morgan fingerprint density at radius 3 is 2.43 bits per heavy atom. The van der Waals surface area contributed by atoms with Gasteiger partial charge in [-0.2, -0.15) is 0 Å². The van der Waals surface area contributed by atoms with Crippen LogP contribution in [0, 0.1) is 11.6 Å². The Kier molecular flexibility index (Phi) is 3.88. The normalized spacial score (nSPS) is 13.3. The number of halogens is 2. The average Bonchev–Trinajstić information content (AvgIpc) is 2.91. The zero-order valence-corrected chi connectivity index (χ0v) is 11.7. The number of hydrogen-bond donors (Lipinski definition) is 1. The van der Waals surface area contributed by atoms with Crippen LogP contribution < -0.4 is 10.5 Å². The third-order valence-corrected chi connectivity index (χ3v) is 3.78. The third-order valence-electron chi connectivity index (χ3n) is 3.78. The first-order valence-corrected chi connectivity index (χ1v) is 7.15. The van der Waals surface area contributed by atoms with E-state index < -0.39 is 11.6 Å². The van der Waals surface area contributed by atoms with Gasteiger partial charge in [0.25, 0.3) is 0 Å². The maximum absolute atomic E-state index is 14.0. The number of aryl methyl sites for hydroxylation is 2. The van der Waals surface area contributed by atoms with E-state index in [1.165, 1.54) is 23.3 Å². The van der Waals surface area contributed by atoms with Crippen LogP contribution in [0.15, 0.2) is 30.3 Å². The van der Waals surface area contributed by atoms with Crippen LogP contribution in [0.1, 0.15) is 23.1 Å². The summed E-state index contributed by atoms with van der Waals surface area (Å²) in [6.45, 7) is 0.351. The lowest BCUT2D eigenvalue weighted by atomic mass is 10.1. The summed E-state index contributed by atoms with van der Waals surface area (Å²) in [6, 6.07) is 8.15. The summed E-state index contributed by atoms with van der Waals surface area (Å²) in [5, 5.41) is 0. The quantitative estimate of drug-likeness (QED) is 0.930. The molecule has 1 aliphatic rings. The molecule has 2 aromatic rings. The lowest BCUT2D eigenvalue weighted by Crippen LogP contribution is -2.04. The van der Waals surface area contributed by atoms with Crippen LogP contribution in [0.3, 0.4) is 0 Å². The van der Waals surface area contributed by atoms with Crippen molar-refractivity contribution in [3.8, 4) is 11.5 Å². The molecule has 0 unspecified atom stereocenters. The molecule has 2 nitrogen and oxygen atoms in total. The van der Waals surface area contributed by atoms with Gasteiger partial charge in [-0.25, -0.2) is 8.78 Å². The molecule has 0 bridgehead atoms. The Balaban J connectivity index is 1.87. The number of hydrogen-bond acceptors (Lipinski definition) is 2. The Bertz CT molecular complexity index is 647. The van der Waals surface area contributed by atoms with E-state index in [0.29, 0.717) is 24.3 Å². The molecule has 4 heteroatoms. The maximum Gasteiger partial charge on any atom is 0.198 e. The molecule has 0 atom stereocenters. The summed E-state index contributed by atoms with van der Waals surface area (Å²) >= 11 is 0. The fraction of sp³-hybridized carbons (Fsp3) is 0.294. The highest BCUT2D eigenvalue weighted by atomic mass is 19.1. The second-order valence-electron chi connectivity index (χ2n) is 5.31. The molecule has 0 saturated carbocycles. The highest BCUT2D eigenvalue weighted by Gasteiger charge is 2.16. The maximum atomic E-state index is 14.0. The lowest BCUT2D eigenvalue weighted by Gasteiger charge is -2.11. The minimum absolute atomic E-state index is 0.351. The van der Waals surface area contributed by atoms with Crippen LogP contribution in [0.4, 0.5) is 8.78 Å². The molecule has 21 heavy (non-hydrogen) atoms. The van der Waals surface area contributed by atoms with Crippen LogP contribution in [0.25, 0.3) is 0 Å². The van der Waals surface area contributed by atoms with Crippen LogP contribution >= 0.6 is 0 Å². The van der Waals surface area contributed by atoms with Crippen molar-refractivity contribution >= 4 is 0 Å². The summed E-state index contributed by atoms with van der Waals surface area (Å²) in [6.07, 6.45) is 3.61. The zero-order chi connectivity index (χ0) is 14.8. The van der Waals surface area contributed by atoms with Crippen LogP contribution in [0.2, 0.25) is 0 Å². The predicted octanol–water partition coefficient (Wildman–Crippen LogP) is 3.75. The molecule has 0 heterocycles. The van der Waals surface area contributed by atoms with Crippen molar-refractivity contribution in [2.24, 2.45) is 5.73 Å². The molecule has 0 aliphatic heterocycles. The summed E-state index contributed by atoms with van der Waals surface area (Å²) in [5.74, 6) is -1.27. The monoisotopic (exact) mass is 289 g/mol. The highest BCUT2D eigenvalue weighted by molar-refractivity contribution is 5.41. The largest absolute Gasteiger partial charge is 0.451 e. The van der Waals surface area contributed by atoms with Crippen LogP contribution in [-0.2, 0) is 19.3 Å². The van der Waals surface area contributed by atoms with E-state index in [2.05, 4.69) is 0 Å². The molecule has 0 saturated heterocycles. The molecule has 0 aromatic heterocycles. The van der Waals surface area contributed by atoms with Gasteiger partial charge in [-0.15, -0.1) is 0 Å². The van der Waals surface area contributed by atoms with Crippen molar-refractivity contribution in [3.63, 3.8) is 0 Å². The van der Waals surface area contributed by atoms with Gasteiger partial charge in [0.2, 0.25) is 0 Å². The number of nitrogens with two attached hydrogens (primary N) is 1. The Hall–Kier alpha value is -1.94. The van der Waals surface area contributed by atoms with Gasteiger partial charge in [0.05, 0.1) is 0 Å². The summed E-state index contributed by atoms with van der Waals surface area (Å²) in [4.78, 5) is 0. The van der Waals surface area contributed by atoms with Crippen LogP contribution in [0.5, 0.6) is 11.5 Å². The van der Waals surface area contributed by atoms with E-state index >= 15 is 0 Å². The van der Waals surface area contributed by atoms with E-state index in [4.69, 9.17) is 10.5 Å². The standard InChI is InChI=1S/C17H17F2NO/c18-15-8-11(6-7-20)9-16(19)17(15)21-14-5-4-12-2-1-3-13(12)10-14/h4-5,8-10H,1-3,6-7,20H2. The van der Waals surface area contributed by atoms with Gasteiger partial charge in [-0.3, -0.25) is 0 Å². The van der Waals surface area contributed by atoms with E-state index in [1.807, 2.05) is 12.1 Å². The van der Waals surface area contributed by atoms with E-state index in [-0.39, 0.29) is 5.75 Å².